The molecular weight excluding hydrogens is 200 g/mol. The molecule has 86 valence electrons. The van der Waals surface area contributed by atoms with Crippen LogP contribution in [0.25, 0.3) is 0 Å². The third kappa shape index (κ3) is 3.89. The predicted octanol–water partition coefficient (Wildman–Crippen LogP) is 3.33. The number of benzene rings is 1. The van der Waals surface area contributed by atoms with Gasteiger partial charge in [-0.15, -0.1) is 6.58 Å². The van der Waals surface area contributed by atoms with Crippen molar-refractivity contribution in [3.05, 3.63) is 48.6 Å². The Balaban J connectivity index is 2.42. The molecule has 0 saturated heterocycles. The molecule has 16 heavy (non-hydrogen) atoms. The third-order valence-corrected chi connectivity index (χ3v) is 2.50. The molecule has 2 heteroatoms. The maximum Gasteiger partial charge on any atom is 0.309 e. The van der Waals surface area contributed by atoms with E-state index < -0.39 is 0 Å². The first kappa shape index (κ1) is 12.5. The summed E-state index contributed by atoms with van der Waals surface area (Å²) in [5.41, 5.74) is 1.02. The number of ether oxygens (including phenoxy) is 1. The predicted molar refractivity (Wildman–Crippen MR) is 64.8 cm³/mol. The van der Waals surface area contributed by atoms with E-state index in [0.717, 1.165) is 12.0 Å². The van der Waals surface area contributed by atoms with Gasteiger partial charge in [0.25, 0.3) is 0 Å². The van der Waals surface area contributed by atoms with Crippen molar-refractivity contribution in [2.24, 2.45) is 5.92 Å². The molecule has 1 aromatic carbocycles. The minimum absolute atomic E-state index is 0.0544. The maximum absolute atomic E-state index is 11.7. The summed E-state index contributed by atoms with van der Waals surface area (Å²) >= 11 is 0. The van der Waals surface area contributed by atoms with Gasteiger partial charge in [-0.3, -0.25) is 4.79 Å². The molecule has 0 radical (unpaired) electrons. The van der Waals surface area contributed by atoms with Crippen molar-refractivity contribution >= 4 is 5.97 Å². The van der Waals surface area contributed by atoms with E-state index in [2.05, 4.69) is 6.58 Å². The number of carbonyl (C=O) groups is 1. The van der Waals surface area contributed by atoms with E-state index in [-0.39, 0.29) is 11.9 Å². The second-order valence-corrected chi connectivity index (χ2v) is 3.72. The van der Waals surface area contributed by atoms with Crippen LogP contribution in [0.5, 0.6) is 0 Å². The highest BCUT2D eigenvalue weighted by Gasteiger charge is 2.15. The standard InChI is InChI=1S/C14H18O2/c1-3-8-13(4-2)14(15)16-11-12-9-6-5-7-10-12/h3,5-7,9-10,13H,1,4,8,11H2,2H3/t13-/m1/s1. The first-order valence-electron chi connectivity index (χ1n) is 5.59. The molecule has 1 rings (SSSR count). The molecule has 0 saturated carbocycles. The van der Waals surface area contributed by atoms with Crippen molar-refractivity contribution in [3.8, 4) is 0 Å². The summed E-state index contributed by atoms with van der Waals surface area (Å²) in [5, 5.41) is 0. The van der Waals surface area contributed by atoms with Crippen LogP contribution in [0.1, 0.15) is 25.3 Å². The van der Waals surface area contributed by atoms with Gasteiger partial charge < -0.3 is 4.74 Å². The molecule has 0 aliphatic heterocycles. The third-order valence-electron chi connectivity index (χ3n) is 2.50. The molecule has 1 atom stereocenters. The Labute approximate surface area is 96.9 Å². The summed E-state index contributed by atoms with van der Waals surface area (Å²) in [4.78, 5) is 11.7. The molecule has 1 aromatic rings. The van der Waals surface area contributed by atoms with Crippen molar-refractivity contribution in [1.82, 2.24) is 0 Å². The molecule has 0 aromatic heterocycles. The molecule has 0 N–H and O–H groups in total. The van der Waals surface area contributed by atoms with Crippen LogP contribution in [0.2, 0.25) is 0 Å². The van der Waals surface area contributed by atoms with Gasteiger partial charge in [0, 0.05) is 0 Å². The minimum Gasteiger partial charge on any atom is -0.461 e. The number of hydrogen-bond donors (Lipinski definition) is 0. The zero-order valence-corrected chi connectivity index (χ0v) is 9.69. The molecule has 0 aliphatic rings. The molecule has 0 fully saturated rings. The Morgan fingerprint density at radius 1 is 1.44 bits per heavy atom. The Morgan fingerprint density at radius 2 is 2.12 bits per heavy atom. The van der Waals surface area contributed by atoms with Gasteiger partial charge in [0.15, 0.2) is 0 Å². The number of allylic oxidation sites excluding steroid dienone is 1. The summed E-state index contributed by atoms with van der Waals surface area (Å²) in [6, 6.07) is 9.70. The Morgan fingerprint density at radius 3 is 2.69 bits per heavy atom. The molecular formula is C14H18O2. The van der Waals surface area contributed by atoms with E-state index in [1.165, 1.54) is 0 Å². The molecule has 0 spiro atoms. The first-order valence-corrected chi connectivity index (χ1v) is 5.59. The smallest absolute Gasteiger partial charge is 0.309 e. The summed E-state index contributed by atoms with van der Waals surface area (Å²) in [6.45, 7) is 5.98. The van der Waals surface area contributed by atoms with E-state index in [9.17, 15) is 4.79 Å². The van der Waals surface area contributed by atoms with Crippen molar-refractivity contribution in [3.63, 3.8) is 0 Å². The molecule has 0 amide bonds. The normalized spacial score (nSPS) is 11.8. The van der Waals surface area contributed by atoms with Crippen molar-refractivity contribution in [2.45, 2.75) is 26.4 Å². The average molecular weight is 218 g/mol. The fraction of sp³-hybridized carbons (Fsp3) is 0.357. The number of rotatable bonds is 6. The van der Waals surface area contributed by atoms with Crippen LogP contribution in [0.4, 0.5) is 0 Å². The molecule has 0 bridgehead atoms. The second kappa shape index (κ2) is 6.83. The number of esters is 1. The molecule has 0 heterocycles. The van der Waals surface area contributed by atoms with E-state index in [4.69, 9.17) is 4.74 Å². The Hall–Kier alpha value is -1.57. The van der Waals surface area contributed by atoms with E-state index in [0.29, 0.717) is 13.0 Å². The van der Waals surface area contributed by atoms with Crippen LogP contribution < -0.4 is 0 Å². The van der Waals surface area contributed by atoms with E-state index >= 15 is 0 Å². The van der Waals surface area contributed by atoms with E-state index in [1.807, 2.05) is 37.3 Å². The first-order chi connectivity index (χ1) is 7.77. The quantitative estimate of drug-likeness (QED) is 0.540. The van der Waals surface area contributed by atoms with E-state index in [1.54, 1.807) is 6.08 Å². The van der Waals surface area contributed by atoms with Crippen molar-refractivity contribution in [1.29, 1.82) is 0 Å². The van der Waals surface area contributed by atoms with Crippen LogP contribution in [0.15, 0.2) is 43.0 Å². The highest BCUT2D eigenvalue weighted by molar-refractivity contribution is 5.72. The lowest BCUT2D eigenvalue weighted by molar-refractivity contribution is -0.149. The van der Waals surface area contributed by atoms with Crippen LogP contribution in [-0.2, 0) is 16.1 Å². The lowest BCUT2D eigenvalue weighted by Crippen LogP contribution is -2.16. The topological polar surface area (TPSA) is 26.3 Å². The summed E-state index contributed by atoms with van der Waals surface area (Å²) in [7, 11) is 0. The lowest BCUT2D eigenvalue weighted by Gasteiger charge is -2.12. The fourth-order valence-corrected chi connectivity index (χ4v) is 1.48. The zero-order valence-electron chi connectivity index (χ0n) is 9.69. The largest absolute Gasteiger partial charge is 0.461 e. The molecule has 0 aliphatic carbocycles. The van der Waals surface area contributed by atoms with Gasteiger partial charge >= 0.3 is 5.97 Å². The van der Waals surface area contributed by atoms with Crippen LogP contribution in [0.3, 0.4) is 0 Å². The van der Waals surface area contributed by atoms with Gasteiger partial charge in [-0.25, -0.2) is 0 Å². The SMILES string of the molecule is C=CC[C@@H](CC)C(=O)OCc1ccccc1. The monoisotopic (exact) mass is 218 g/mol. The highest BCUT2D eigenvalue weighted by Crippen LogP contribution is 2.12. The van der Waals surface area contributed by atoms with Gasteiger partial charge in [-0.05, 0) is 18.4 Å². The second-order valence-electron chi connectivity index (χ2n) is 3.72. The highest BCUT2D eigenvalue weighted by atomic mass is 16.5. The molecule has 0 unspecified atom stereocenters. The van der Waals surface area contributed by atoms with Gasteiger partial charge in [0.1, 0.15) is 6.61 Å². The maximum atomic E-state index is 11.7. The zero-order chi connectivity index (χ0) is 11.8. The van der Waals surface area contributed by atoms with Gasteiger partial charge in [0.2, 0.25) is 0 Å². The van der Waals surface area contributed by atoms with Gasteiger partial charge in [-0.2, -0.15) is 0 Å². The Kier molecular flexibility index (Phi) is 5.34. The summed E-state index contributed by atoms with van der Waals surface area (Å²) in [6.07, 6.45) is 3.24. The van der Waals surface area contributed by atoms with Crippen molar-refractivity contribution < 1.29 is 9.53 Å². The van der Waals surface area contributed by atoms with Crippen molar-refractivity contribution in [2.75, 3.05) is 0 Å². The minimum atomic E-state index is -0.133. The van der Waals surface area contributed by atoms with Crippen LogP contribution >= 0.6 is 0 Å². The summed E-state index contributed by atoms with van der Waals surface area (Å²) in [5.74, 6) is -0.188. The number of carbonyl (C=O) groups excluding carboxylic acids is 1. The van der Waals surface area contributed by atoms with Gasteiger partial charge in [0.05, 0.1) is 5.92 Å². The van der Waals surface area contributed by atoms with Crippen LogP contribution in [-0.4, -0.2) is 5.97 Å². The summed E-state index contributed by atoms with van der Waals surface area (Å²) < 4.78 is 5.25. The Bertz CT molecular complexity index is 330. The number of hydrogen-bond acceptors (Lipinski definition) is 2. The van der Waals surface area contributed by atoms with Gasteiger partial charge in [-0.1, -0.05) is 43.3 Å². The fourth-order valence-electron chi connectivity index (χ4n) is 1.48. The molecule has 2 nitrogen and oxygen atoms in total. The lowest BCUT2D eigenvalue weighted by atomic mass is 10.0. The van der Waals surface area contributed by atoms with Crippen LogP contribution in [0, 0.1) is 5.92 Å². The average Bonchev–Trinajstić information content (AvgIpc) is 2.34.